The van der Waals surface area contributed by atoms with E-state index in [4.69, 9.17) is 10.5 Å². The van der Waals surface area contributed by atoms with Crippen LogP contribution >= 0.6 is 15.9 Å². The van der Waals surface area contributed by atoms with E-state index in [0.717, 1.165) is 20.7 Å². The highest BCUT2D eigenvalue weighted by molar-refractivity contribution is 9.10. The normalized spacial score (nSPS) is 10.8. The lowest BCUT2D eigenvalue weighted by Gasteiger charge is -2.07. The second-order valence-electron chi connectivity index (χ2n) is 4.99. The van der Waals surface area contributed by atoms with Crippen LogP contribution in [0.3, 0.4) is 0 Å². The van der Waals surface area contributed by atoms with Gasteiger partial charge in [-0.2, -0.15) is 0 Å². The number of benzene rings is 1. The molecule has 8 nitrogen and oxygen atoms in total. The molecule has 1 aromatic heterocycles. The molecule has 0 radical (unpaired) electrons. The topological polar surface area (TPSA) is 124 Å². The summed E-state index contributed by atoms with van der Waals surface area (Å²) >= 11 is 3.30. The van der Waals surface area contributed by atoms with Crippen molar-refractivity contribution in [2.45, 2.75) is 0 Å². The van der Waals surface area contributed by atoms with Crippen LogP contribution in [0.15, 0.2) is 44.4 Å². The Hall–Kier alpha value is -2.94. The van der Waals surface area contributed by atoms with E-state index in [1.54, 1.807) is 12.1 Å². The summed E-state index contributed by atoms with van der Waals surface area (Å²) in [5.41, 5.74) is 4.28. The number of carbonyl (C=O) groups excluding carboxylic acids is 2. The van der Waals surface area contributed by atoms with E-state index >= 15 is 0 Å². The zero-order chi connectivity index (χ0) is 18.6. The van der Waals surface area contributed by atoms with E-state index in [1.165, 1.54) is 13.1 Å². The van der Waals surface area contributed by atoms with Crippen LogP contribution < -0.4 is 17.0 Å². The molecule has 0 aliphatic carbocycles. The fraction of sp³-hybridized carbons (Fsp3) is 0.125. The van der Waals surface area contributed by atoms with Gasteiger partial charge in [0.25, 0.3) is 5.56 Å². The predicted molar refractivity (Wildman–Crippen MR) is 95.2 cm³/mol. The third-order valence-electron chi connectivity index (χ3n) is 3.28. The molecule has 0 saturated heterocycles. The summed E-state index contributed by atoms with van der Waals surface area (Å²) in [5.74, 6) is -1.85. The molecule has 0 fully saturated rings. The number of halogens is 1. The third kappa shape index (κ3) is 4.54. The lowest BCUT2D eigenvalue weighted by molar-refractivity contribution is -0.136. The first-order valence-electron chi connectivity index (χ1n) is 7.02. The summed E-state index contributed by atoms with van der Waals surface area (Å²) in [7, 11) is 1.30. The Bertz CT molecular complexity index is 957. The molecule has 0 bridgehead atoms. The molecule has 3 N–H and O–H groups in total. The van der Waals surface area contributed by atoms with Gasteiger partial charge in [-0.25, -0.2) is 9.59 Å². The molecule has 1 heterocycles. The molecule has 9 heteroatoms. The maximum Gasteiger partial charge on any atom is 0.331 e. The Labute approximate surface area is 150 Å². The first kappa shape index (κ1) is 18.4. The van der Waals surface area contributed by atoms with Crippen LogP contribution in [0.25, 0.3) is 6.08 Å². The Morgan fingerprint density at radius 3 is 2.56 bits per heavy atom. The lowest BCUT2D eigenvalue weighted by Crippen LogP contribution is -2.35. The summed E-state index contributed by atoms with van der Waals surface area (Å²) in [6, 6.07) is 7.18. The third-order valence-corrected chi connectivity index (χ3v) is 3.80. The number of H-pyrrole nitrogens is 1. The zero-order valence-electron chi connectivity index (χ0n) is 13.1. The van der Waals surface area contributed by atoms with Crippen molar-refractivity contribution >= 4 is 39.6 Å². The number of rotatable bonds is 5. The summed E-state index contributed by atoms with van der Waals surface area (Å²) in [6.45, 7) is -0.672. The average Bonchev–Trinajstić information content (AvgIpc) is 2.57. The Kier molecular flexibility index (Phi) is 5.71. The molecule has 130 valence electrons. The summed E-state index contributed by atoms with van der Waals surface area (Å²) in [4.78, 5) is 48.7. The molecule has 0 amide bonds. The monoisotopic (exact) mass is 407 g/mol. The Balaban J connectivity index is 2.04. The highest BCUT2D eigenvalue weighted by atomic mass is 79.9. The standard InChI is InChI=1S/C16H14BrN3O5/c1-20-14(18)13(15(23)19-16(20)24)11(21)8-25-12(22)7-4-9-2-5-10(17)6-3-9/h2-7H,8,18H2,1H3,(H,19,23,24)/b7-4+. The first-order valence-corrected chi connectivity index (χ1v) is 7.81. The minimum Gasteiger partial charge on any atom is -0.454 e. The van der Waals surface area contributed by atoms with Crippen LogP contribution in [0.5, 0.6) is 0 Å². The quantitative estimate of drug-likeness (QED) is 0.430. The van der Waals surface area contributed by atoms with Crippen molar-refractivity contribution in [3.63, 3.8) is 0 Å². The van der Waals surface area contributed by atoms with Crippen molar-refractivity contribution < 1.29 is 14.3 Å². The van der Waals surface area contributed by atoms with Crippen molar-refractivity contribution in [2.75, 3.05) is 12.3 Å². The van der Waals surface area contributed by atoms with Gasteiger partial charge in [0.1, 0.15) is 11.4 Å². The van der Waals surface area contributed by atoms with Crippen LogP contribution in [0, 0.1) is 0 Å². The lowest BCUT2D eigenvalue weighted by atomic mass is 10.2. The molecule has 0 spiro atoms. The number of nitrogens with zero attached hydrogens (tertiary/aromatic N) is 1. The number of aromatic nitrogens is 2. The van der Waals surface area contributed by atoms with Gasteiger partial charge in [0.2, 0.25) is 5.78 Å². The second-order valence-corrected chi connectivity index (χ2v) is 5.91. The molecular formula is C16H14BrN3O5. The number of ketones is 1. The number of carbonyl (C=O) groups is 2. The van der Waals surface area contributed by atoms with Crippen molar-refractivity contribution in [1.82, 2.24) is 9.55 Å². The van der Waals surface area contributed by atoms with Gasteiger partial charge in [-0.15, -0.1) is 0 Å². The summed E-state index contributed by atoms with van der Waals surface area (Å²) < 4.78 is 6.62. The van der Waals surface area contributed by atoms with Gasteiger partial charge in [-0.3, -0.25) is 19.1 Å². The maximum absolute atomic E-state index is 12.0. The SMILES string of the molecule is Cn1c(N)c(C(=O)COC(=O)/C=C/c2ccc(Br)cc2)c(=O)[nH]c1=O. The largest absolute Gasteiger partial charge is 0.454 e. The highest BCUT2D eigenvalue weighted by Crippen LogP contribution is 2.11. The minimum absolute atomic E-state index is 0.291. The van der Waals surface area contributed by atoms with Gasteiger partial charge >= 0.3 is 11.7 Å². The first-order chi connectivity index (χ1) is 11.8. The number of hydrogen-bond acceptors (Lipinski definition) is 6. The summed E-state index contributed by atoms with van der Waals surface area (Å²) in [5, 5.41) is 0. The Morgan fingerprint density at radius 1 is 1.28 bits per heavy atom. The van der Waals surface area contributed by atoms with Gasteiger partial charge < -0.3 is 10.5 Å². The van der Waals surface area contributed by atoms with Crippen LogP contribution in [0.2, 0.25) is 0 Å². The number of anilines is 1. The number of nitrogens with two attached hydrogens (primary N) is 1. The molecule has 0 saturated carbocycles. The summed E-state index contributed by atoms with van der Waals surface area (Å²) in [6.07, 6.45) is 2.68. The number of ether oxygens (including phenoxy) is 1. The molecule has 1 aromatic carbocycles. The van der Waals surface area contributed by atoms with Crippen molar-refractivity contribution in [2.24, 2.45) is 7.05 Å². The van der Waals surface area contributed by atoms with Gasteiger partial charge in [-0.05, 0) is 23.8 Å². The number of nitrogen functional groups attached to an aromatic ring is 1. The van der Waals surface area contributed by atoms with Gasteiger partial charge in [0.05, 0.1) is 0 Å². The average molecular weight is 408 g/mol. The molecule has 2 aromatic rings. The highest BCUT2D eigenvalue weighted by Gasteiger charge is 2.19. The molecule has 0 aliphatic heterocycles. The fourth-order valence-electron chi connectivity index (χ4n) is 1.90. The van der Waals surface area contributed by atoms with E-state index in [1.807, 2.05) is 17.1 Å². The van der Waals surface area contributed by atoms with Crippen LogP contribution in [-0.2, 0) is 16.6 Å². The van der Waals surface area contributed by atoms with Gasteiger partial charge in [-0.1, -0.05) is 28.1 Å². The molecular weight excluding hydrogens is 394 g/mol. The number of esters is 1. The van der Waals surface area contributed by atoms with E-state index < -0.39 is 35.2 Å². The van der Waals surface area contributed by atoms with Crippen molar-refractivity contribution in [3.8, 4) is 0 Å². The zero-order valence-corrected chi connectivity index (χ0v) is 14.7. The fourth-order valence-corrected chi connectivity index (χ4v) is 2.17. The molecule has 25 heavy (non-hydrogen) atoms. The van der Waals surface area contributed by atoms with Gasteiger partial charge in [0.15, 0.2) is 6.61 Å². The predicted octanol–water partition coefficient (Wildman–Crippen LogP) is 0.858. The molecule has 0 atom stereocenters. The second kappa shape index (κ2) is 7.75. The molecule has 0 aliphatic rings. The van der Waals surface area contributed by atoms with Crippen LogP contribution in [-0.4, -0.2) is 27.9 Å². The van der Waals surface area contributed by atoms with Gasteiger partial charge in [0, 0.05) is 17.6 Å². The minimum atomic E-state index is -0.924. The number of aromatic amines is 1. The Morgan fingerprint density at radius 2 is 1.92 bits per heavy atom. The van der Waals surface area contributed by atoms with E-state index in [-0.39, 0.29) is 5.82 Å². The number of nitrogens with one attached hydrogen (secondary N) is 1. The molecule has 2 rings (SSSR count). The van der Waals surface area contributed by atoms with E-state index in [9.17, 15) is 19.2 Å². The van der Waals surface area contributed by atoms with Crippen molar-refractivity contribution in [1.29, 1.82) is 0 Å². The van der Waals surface area contributed by atoms with E-state index in [0.29, 0.717) is 0 Å². The molecule has 0 unspecified atom stereocenters. The van der Waals surface area contributed by atoms with Crippen LogP contribution in [0.4, 0.5) is 5.82 Å². The smallest absolute Gasteiger partial charge is 0.331 e. The number of hydrogen-bond donors (Lipinski definition) is 2. The number of Topliss-reactive ketones (excluding diaryl/α,β-unsaturated/α-hetero) is 1. The van der Waals surface area contributed by atoms with E-state index in [2.05, 4.69) is 15.9 Å². The van der Waals surface area contributed by atoms with Crippen LogP contribution in [0.1, 0.15) is 15.9 Å². The maximum atomic E-state index is 12.0. The van der Waals surface area contributed by atoms with Crippen molar-refractivity contribution in [3.05, 3.63) is 66.8 Å².